The maximum atomic E-state index is 12.3. The maximum Gasteiger partial charge on any atom is 0.258 e. The minimum absolute atomic E-state index is 0.00884. The fourth-order valence-corrected chi connectivity index (χ4v) is 4.04. The highest BCUT2D eigenvalue weighted by atomic mass is 79.9. The summed E-state index contributed by atoms with van der Waals surface area (Å²) in [5, 5.41) is 3.04. The van der Waals surface area contributed by atoms with Crippen molar-refractivity contribution in [3.8, 4) is 5.75 Å². The Morgan fingerprint density at radius 2 is 1.74 bits per heavy atom. The van der Waals surface area contributed by atoms with Gasteiger partial charge in [-0.15, -0.1) is 0 Å². The van der Waals surface area contributed by atoms with Gasteiger partial charge in [0.15, 0.2) is 6.61 Å². The third-order valence-corrected chi connectivity index (χ3v) is 5.85. The predicted molar refractivity (Wildman–Crippen MR) is 113 cm³/mol. The number of nitrogens with one attached hydrogen (secondary N) is 1. The number of benzene rings is 2. The van der Waals surface area contributed by atoms with Gasteiger partial charge in [-0.05, 0) is 88.8 Å². The van der Waals surface area contributed by atoms with Crippen LogP contribution >= 0.6 is 15.9 Å². The van der Waals surface area contributed by atoms with Crippen LogP contribution in [0.1, 0.15) is 67.8 Å². The monoisotopic (exact) mass is 429 g/mol. The van der Waals surface area contributed by atoms with Gasteiger partial charge in [0.25, 0.3) is 5.91 Å². The molecule has 27 heavy (non-hydrogen) atoms. The molecule has 0 radical (unpaired) electrons. The molecule has 2 aromatic carbocycles. The van der Waals surface area contributed by atoms with Gasteiger partial charge in [0.05, 0.1) is 10.5 Å². The fraction of sp³-hybridized carbons (Fsp3) is 0.435. The van der Waals surface area contributed by atoms with E-state index in [4.69, 9.17) is 4.74 Å². The molecule has 0 aromatic heterocycles. The number of aryl methyl sites for hydroxylation is 2. The smallest absolute Gasteiger partial charge is 0.258 e. The number of rotatable bonds is 6. The molecule has 1 N–H and O–H groups in total. The normalized spacial score (nSPS) is 14.6. The average Bonchev–Trinajstić information content (AvgIpc) is 2.66. The molecule has 1 atom stereocenters. The molecule has 144 valence electrons. The van der Waals surface area contributed by atoms with Crippen LogP contribution in [0.3, 0.4) is 0 Å². The molecule has 1 aliphatic rings. The molecular weight excluding hydrogens is 402 g/mol. The zero-order chi connectivity index (χ0) is 19.4. The number of hydrogen-bond donors (Lipinski definition) is 1. The van der Waals surface area contributed by atoms with Crippen molar-refractivity contribution in [2.45, 2.75) is 58.4 Å². The highest BCUT2D eigenvalue weighted by molar-refractivity contribution is 9.10. The number of carbonyl (C=O) groups excluding carboxylic acids is 1. The summed E-state index contributed by atoms with van der Waals surface area (Å²) in [5.74, 6) is 1.03. The van der Waals surface area contributed by atoms with E-state index >= 15 is 0 Å². The van der Waals surface area contributed by atoms with Crippen molar-refractivity contribution < 1.29 is 9.53 Å². The summed E-state index contributed by atoms with van der Waals surface area (Å²) in [7, 11) is 0. The largest absolute Gasteiger partial charge is 0.483 e. The lowest BCUT2D eigenvalue weighted by molar-refractivity contribution is -0.123. The zero-order valence-electron chi connectivity index (χ0n) is 16.3. The van der Waals surface area contributed by atoms with Gasteiger partial charge in [0.2, 0.25) is 0 Å². The van der Waals surface area contributed by atoms with Crippen LogP contribution in [0.15, 0.2) is 40.9 Å². The van der Waals surface area contributed by atoms with Gasteiger partial charge < -0.3 is 10.1 Å². The highest BCUT2D eigenvalue weighted by Crippen LogP contribution is 2.29. The molecule has 1 aliphatic carbocycles. The van der Waals surface area contributed by atoms with Crippen molar-refractivity contribution in [2.75, 3.05) is 6.61 Å². The van der Waals surface area contributed by atoms with Crippen LogP contribution in [0, 0.1) is 0 Å². The van der Waals surface area contributed by atoms with Crippen molar-refractivity contribution in [1.82, 2.24) is 5.32 Å². The molecule has 0 saturated heterocycles. The van der Waals surface area contributed by atoms with Crippen LogP contribution in [0.4, 0.5) is 0 Å². The van der Waals surface area contributed by atoms with E-state index in [1.165, 1.54) is 36.0 Å². The van der Waals surface area contributed by atoms with E-state index in [2.05, 4.69) is 53.3 Å². The molecule has 2 aromatic rings. The summed E-state index contributed by atoms with van der Waals surface area (Å²) < 4.78 is 6.58. The van der Waals surface area contributed by atoms with Crippen molar-refractivity contribution in [2.24, 2.45) is 0 Å². The Morgan fingerprint density at radius 3 is 2.44 bits per heavy atom. The highest BCUT2D eigenvalue weighted by Gasteiger charge is 2.15. The van der Waals surface area contributed by atoms with Gasteiger partial charge in [0, 0.05) is 0 Å². The van der Waals surface area contributed by atoms with E-state index in [0.29, 0.717) is 11.7 Å². The fourth-order valence-electron chi connectivity index (χ4n) is 3.53. The molecule has 0 fully saturated rings. The third-order valence-electron chi connectivity index (χ3n) is 5.23. The van der Waals surface area contributed by atoms with E-state index in [9.17, 15) is 4.79 Å². The molecule has 0 unspecified atom stereocenters. The van der Waals surface area contributed by atoms with Gasteiger partial charge in [-0.1, -0.05) is 38.1 Å². The Balaban J connectivity index is 1.56. The summed E-state index contributed by atoms with van der Waals surface area (Å²) in [4.78, 5) is 12.3. The number of halogens is 1. The molecule has 0 spiro atoms. The van der Waals surface area contributed by atoms with Gasteiger partial charge >= 0.3 is 0 Å². The SMILES string of the molecule is CC(C)c1ccc(OCC(=O)N[C@H](C)c2ccc3c(c2)CCCC3)c(Br)c1. The second-order valence-corrected chi connectivity index (χ2v) is 8.51. The quantitative estimate of drug-likeness (QED) is 0.638. The number of fused-ring (bicyclic) bond motifs is 1. The molecule has 0 aliphatic heterocycles. The summed E-state index contributed by atoms with van der Waals surface area (Å²) in [5.41, 5.74) is 5.29. The van der Waals surface area contributed by atoms with Crippen LogP contribution < -0.4 is 10.1 Å². The Morgan fingerprint density at radius 1 is 1.04 bits per heavy atom. The maximum absolute atomic E-state index is 12.3. The lowest BCUT2D eigenvalue weighted by atomic mass is 9.89. The van der Waals surface area contributed by atoms with E-state index in [1.807, 2.05) is 25.1 Å². The molecular formula is C23H28BrNO2. The van der Waals surface area contributed by atoms with E-state index < -0.39 is 0 Å². The molecule has 0 heterocycles. The Labute approximate surface area is 170 Å². The van der Waals surface area contributed by atoms with Crippen LogP contribution in [0.2, 0.25) is 0 Å². The molecule has 1 amide bonds. The molecule has 4 heteroatoms. The Kier molecular flexibility index (Phi) is 6.59. The number of hydrogen-bond acceptors (Lipinski definition) is 2. The first kappa shape index (κ1) is 19.9. The molecule has 0 saturated carbocycles. The zero-order valence-corrected chi connectivity index (χ0v) is 17.9. The first-order valence-electron chi connectivity index (χ1n) is 9.77. The minimum Gasteiger partial charge on any atom is -0.483 e. The van der Waals surface area contributed by atoms with Crippen molar-refractivity contribution in [1.29, 1.82) is 0 Å². The lowest BCUT2D eigenvalue weighted by Gasteiger charge is -2.20. The Hall–Kier alpha value is -1.81. The number of amides is 1. The molecule has 0 bridgehead atoms. The first-order valence-corrected chi connectivity index (χ1v) is 10.6. The standard InChI is InChI=1S/C23H28BrNO2/c1-15(2)18-10-11-22(21(24)13-18)27-14-23(26)25-16(3)19-9-8-17-6-4-5-7-20(17)12-19/h8-13,15-16H,4-7,14H2,1-3H3,(H,25,26)/t16-/m1/s1. The van der Waals surface area contributed by atoms with Crippen LogP contribution in [-0.4, -0.2) is 12.5 Å². The van der Waals surface area contributed by atoms with Crippen molar-refractivity contribution in [3.05, 3.63) is 63.1 Å². The average molecular weight is 430 g/mol. The lowest BCUT2D eigenvalue weighted by Crippen LogP contribution is -2.31. The van der Waals surface area contributed by atoms with Crippen LogP contribution in [-0.2, 0) is 17.6 Å². The molecule has 3 rings (SSSR count). The second-order valence-electron chi connectivity index (χ2n) is 7.66. The van der Waals surface area contributed by atoms with Crippen LogP contribution in [0.5, 0.6) is 5.75 Å². The first-order chi connectivity index (χ1) is 12.9. The van der Waals surface area contributed by atoms with E-state index in [-0.39, 0.29) is 18.6 Å². The third kappa shape index (κ3) is 5.13. The van der Waals surface area contributed by atoms with E-state index in [1.54, 1.807) is 0 Å². The van der Waals surface area contributed by atoms with Gasteiger partial charge in [-0.3, -0.25) is 4.79 Å². The Bertz CT molecular complexity index is 816. The minimum atomic E-state index is -0.111. The van der Waals surface area contributed by atoms with Crippen molar-refractivity contribution >= 4 is 21.8 Å². The van der Waals surface area contributed by atoms with Crippen LogP contribution in [0.25, 0.3) is 0 Å². The summed E-state index contributed by atoms with van der Waals surface area (Å²) in [6, 6.07) is 12.6. The molecule has 3 nitrogen and oxygen atoms in total. The number of carbonyl (C=O) groups is 1. The van der Waals surface area contributed by atoms with Crippen molar-refractivity contribution in [3.63, 3.8) is 0 Å². The topological polar surface area (TPSA) is 38.3 Å². The number of ether oxygens (including phenoxy) is 1. The second kappa shape index (κ2) is 8.92. The van der Waals surface area contributed by atoms with Gasteiger partial charge in [-0.2, -0.15) is 0 Å². The van der Waals surface area contributed by atoms with Gasteiger partial charge in [-0.25, -0.2) is 0 Å². The predicted octanol–water partition coefficient (Wildman–Crippen LogP) is 5.71. The summed E-state index contributed by atoms with van der Waals surface area (Å²) in [6.07, 6.45) is 4.86. The van der Waals surface area contributed by atoms with Gasteiger partial charge in [0.1, 0.15) is 5.75 Å². The summed E-state index contributed by atoms with van der Waals surface area (Å²) >= 11 is 3.53. The van der Waals surface area contributed by atoms with E-state index in [0.717, 1.165) is 16.5 Å². The summed E-state index contributed by atoms with van der Waals surface area (Å²) in [6.45, 7) is 6.33.